The Morgan fingerprint density at radius 3 is 2.59 bits per heavy atom. The zero-order chi connectivity index (χ0) is 19.8. The average molecular weight is 406 g/mol. The summed E-state index contributed by atoms with van der Waals surface area (Å²) in [4.78, 5) is 14.5. The van der Waals surface area contributed by atoms with Crippen molar-refractivity contribution in [1.29, 1.82) is 0 Å². The molecule has 8 heteroatoms. The first-order valence-electron chi connectivity index (χ1n) is 8.53. The number of anilines is 2. The van der Waals surface area contributed by atoms with Gasteiger partial charge in [0.15, 0.2) is 0 Å². The fourth-order valence-corrected chi connectivity index (χ4v) is 4.36. The lowest BCUT2D eigenvalue weighted by Crippen LogP contribution is -2.34. The fourth-order valence-electron chi connectivity index (χ4n) is 2.91. The van der Waals surface area contributed by atoms with Crippen molar-refractivity contribution in [2.45, 2.75) is 32.1 Å². The Hall–Kier alpha value is -2.38. The molecule has 0 unspecified atom stereocenters. The molecule has 2 aromatic carbocycles. The van der Waals surface area contributed by atoms with Gasteiger partial charge in [-0.25, -0.2) is 0 Å². The Labute approximate surface area is 163 Å². The Kier molecular flexibility index (Phi) is 5.26. The topological polar surface area (TPSA) is 78.8 Å². The molecule has 0 saturated carbocycles. The number of nitrogens with one attached hydrogen (secondary N) is 1. The number of fused-ring (bicyclic) bond motifs is 1. The Morgan fingerprint density at radius 1 is 1.19 bits per heavy atom. The van der Waals surface area contributed by atoms with Crippen LogP contribution in [0.2, 0.25) is 5.02 Å². The molecule has 27 heavy (non-hydrogen) atoms. The van der Waals surface area contributed by atoms with Crippen LogP contribution in [0.4, 0.5) is 11.4 Å². The first kappa shape index (κ1) is 19.4. The Morgan fingerprint density at radius 2 is 1.93 bits per heavy atom. The summed E-state index contributed by atoms with van der Waals surface area (Å²) in [5.74, 6) is 0.0112. The van der Waals surface area contributed by atoms with E-state index < -0.39 is 15.9 Å². The van der Waals surface area contributed by atoms with Crippen molar-refractivity contribution in [3.05, 3.63) is 52.5 Å². The summed E-state index contributed by atoms with van der Waals surface area (Å²) in [6.07, 6.45) is 0.836. The largest absolute Gasteiger partial charge is 0.328 e. The average Bonchev–Trinajstić information content (AvgIpc) is 2.61. The molecule has 142 valence electrons. The van der Waals surface area contributed by atoms with E-state index in [-0.39, 0.29) is 10.5 Å². The summed E-state index contributed by atoms with van der Waals surface area (Å²) in [5.41, 5.74) is 2.22. The van der Waals surface area contributed by atoms with Crippen molar-refractivity contribution in [3.63, 3.8) is 0 Å². The van der Waals surface area contributed by atoms with Crippen LogP contribution in [0.5, 0.6) is 0 Å². The fraction of sp³-hybridized carbons (Fsp3) is 0.263. The lowest BCUT2D eigenvalue weighted by Gasteiger charge is -2.29. The van der Waals surface area contributed by atoms with E-state index in [1.165, 1.54) is 6.07 Å². The molecular weight excluding hydrogens is 386 g/mol. The summed E-state index contributed by atoms with van der Waals surface area (Å²) in [6, 6.07) is 9.83. The van der Waals surface area contributed by atoms with Crippen LogP contribution in [-0.4, -0.2) is 26.7 Å². The maximum atomic E-state index is 12.6. The van der Waals surface area contributed by atoms with Crippen molar-refractivity contribution < 1.29 is 13.2 Å². The standard InChI is InChI=1S/C19H20ClN3O3S/c1-4-9-23-13(3)22-27(25,26)18-10-14(6-8-17(18)23)19(24)21-15-7-5-12(2)16(20)11-15/h5-8,10-11H,4,9H2,1-3H3,(H,21,24). The van der Waals surface area contributed by atoms with E-state index in [9.17, 15) is 13.2 Å². The van der Waals surface area contributed by atoms with Gasteiger partial charge < -0.3 is 10.2 Å². The minimum absolute atomic E-state index is 0.0381. The molecular formula is C19H20ClN3O3S. The van der Waals surface area contributed by atoms with E-state index in [1.54, 1.807) is 37.3 Å². The monoisotopic (exact) mass is 405 g/mol. The lowest BCUT2D eigenvalue weighted by molar-refractivity contribution is 0.102. The van der Waals surface area contributed by atoms with Gasteiger partial charge in [0, 0.05) is 22.8 Å². The third-order valence-electron chi connectivity index (χ3n) is 4.31. The number of amides is 1. The van der Waals surface area contributed by atoms with Crippen molar-refractivity contribution in [3.8, 4) is 0 Å². The molecule has 0 atom stereocenters. The molecule has 2 aromatic rings. The number of benzene rings is 2. The molecule has 0 bridgehead atoms. The van der Waals surface area contributed by atoms with E-state index in [0.717, 1.165) is 12.0 Å². The number of amidine groups is 1. The van der Waals surface area contributed by atoms with Gasteiger partial charge in [-0.1, -0.05) is 24.6 Å². The van der Waals surface area contributed by atoms with Crippen LogP contribution in [0.3, 0.4) is 0 Å². The normalized spacial score (nSPS) is 15.1. The predicted molar refractivity (Wildman–Crippen MR) is 109 cm³/mol. The van der Waals surface area contributed by atoms with Gasteiger partial charge in [0.1, 0.15) is 10.7 Å². The maximum absolute atomic E-state index is 12.6. The zero-order valence-electron chi connectivity index (χ0n) is 15.3. The molecule has 1 amide bonds. The first-order valence-corrected chi connectivity index (χ1v) is 10.4. The van der Waals surface area contributed by atoms with Crippen molar-refractivity contribution in [2.75, 3.05) is 16.8 Å². The van der Waals surface area contributed by atoms with Gasteiger partial charge in [0.25, 0.3) is 15.9 Å². The molecule has 1 N–H and O–H groups in total. The molecule has 0 fully saturated rings. The van der Waals surface area contributed by atoms with Crippen LogP contribution < -0.4 is 10.2 Å². The molecule has 0 aromatic heterocycles. The molecule has 0 radical (unpaired) electrons. The lowest BCUT2D eigenvalue weighted by atomic mass is 10.1. The molecule has 0 saturated heterocycles. The predicted octanol–water partition coefficient (Wildman–Crippen LogP) is 4.24. The van der Waals surface area contributed by atoms with Gasteiger partial charge in [-0.2, -0.15) is 8.42 Å². The van der Waals surface area contributed by atoms with E-state index in [2.05, 4.69) is 9.71 Å². The minimum atomic E-state index is -3.84. The third kappa shape index (κ3) is 3.84. The van der Waals surface area contributed by atoms with Crippen LogP contribution in [-0.2, 0) is 10.0 Å². The van der Waals surface area contributed by atoms with Gasteiger partial charge in [-0.3, -0.25) is 4.79 Å². The smallest absolute Gasteiger partial charge is 0.286 e. The van der Waals surface area contributed by atoms with Crippen LogP contribution in [0.1, 0.15) is 36.2 Å². The summed E-state index contributed by atoms with van der Waals surface area (Å²) in [5, 5.41) is 3.28. The van der Waals surface area contributed by atoms with Gasteiger partial charge in [-0.15, -0.1) is 4.40 Å². The summed E-state index contributed by atoms with van der Waals surface area (Å²) in [7, 11) is -3.84. The van der Waals surface area contributed by atoms with Crippen LogP contribution in [0.15, 0.2) is 45.7 Å². The quantitative estimate of drug-likeness (QED) is 0.825. The van der Waals surface area contributed by atoms with E-state index in [1.807, 2.05) is 18.7 Å². The Balaban J connectivity index is 1.96. The van der Waals surface area contributed by atoms with Crippen LogP contribution in [0, 0.1) is 6.92 Å². The van der Waals surface area contributed by atoms with Gasteiger partial charge in [0.2, 0.25) is 0 Å². The zero-order valence-corrected chi connectivity index (χ0v) is 16.9. The molecule has 1 heterocycles. The van der Waals surface area contributed by atoms with Gasteiger partial charge >= 0.3 is 0 Å². The second-order valence-corrected chi connectivity index (χ2v) is 8.35. The van der Waals surface area contributed by atoms with Crippen molar-refractivity contribution in [1.82, 2.24) is 0 Å². The second-order valence-electron chi connectivity index (χ2n) is 6.37. The molecule has 0 spiro atoms. The molecule has 0 aliphatic carbocycles. The van der Waals surface area contributed by atoms with Crippen LogP contribution in [0.25, 0.3) is 0 Å². The number of hydrogen-bond acceptors (Lipinski definition) is 4. The highest BCUT2D eigenvalue weighted by atomic mass is 35.5. The third-order valence-corrected chi connectivity index (χ3v) is 6.11. The summed E-state index contributed by atoms with van der Waals surface area (Å²) < 4.78 is 28.8. The van der Waals surface area contributed by atoms with E-state index in [0.29, 0.717) is 28.8 Å². The number of hydrogen-bond donors (Lipinski definition) is 1. The number of carbonyl (C=O) groups excluding carboxylic acids is 1. The number of halogens is 1. The molecule has 1 aliphatic heterocycles. The highest BCUT2D eigenvalue weighted by molar-refractivity contribution is 7.90. The van der Waals surface area contributed by atoms with Gasteiger partial charge in [-0.05, 0) is 56.2 Å². The molecule has 1 aliphatic rings. The van der Waals surface area contributed by atoms with Crippen molar-refractivity contribution >= 4 is 44.7 Å². The highest BCUT2D eigenvalue weighted by Gasteiger charge is 2.29. The molecule has 3 rings (SSSR count). The van der Waals surface area contributed by atoms with E-state index in [4.69, 9.17) is 11.6 Å². The molecule has 6 nitrogen and oxygen atoms in total. The van der Waals surface area contributed by atoms with Crippen LogP contribution >= 0.6 is 11.6 Å². The Bertz CT molecular complexity index is 1050. The number of nitrogens with zero attached hydrogens (tertiary/aromatic N) is 2. The number of rotatable bonds is 4. The SMILES string of the molecule is CCCN1C(C)=NS(=O)(=O)c2cc(C(=O)Nc3ccc(C)c(Cl)c3)ccc21. The van der Waals surface area contributed by atoms with Crippen molar-refractivity contribution in [2.24, 2.45) is 4.40 Å². The highest BCUT2D eigenvalue weighted by Crippen LogP contribution is 2.33. The minimum Gasteiger partial charge on any atom is -0.328 e. The van der Waals surface area contributed by atoms with Gasteiger partial charge in [0.05, 0.1) is 5.69 Å². The second kappa shape index (κ2) is 7.32. The summed E-state index contributed by atoms with van der Waals surface area (Å²) in [6.45, 7) is 6.18. The maximum Gasteiger partial charge on any atom is 0.286 e. The first-order chi connectivity index (χ1) is 12.7. The number of sulfonamides is 1. The summed E-state index contributed by atoms with van der Waals surface area (Å²) >= 11 is 6.08. The van der Waals surface area contributed by atoms with E-state index >= 15 is 0 Å². The number of carbonyl (C=O) groups is 1. The number of aryl methyl sites for hydroxylation is 1.